The van der Waals surface area contributed by atoms with Gasteiger partial charge in [-0.2, -0.15) is 0 Å². The number of benzene rings is 2. The van der Waals surface area contributed by atoms with Gasteiger partial charge in [-0.25, -0.2) is 0 Å². The molecule has 1 atom stereocenters. The van der Waals surface area contributed by atoms with Gasteiger partial charge in [0.25, 0.3) is 0 Å². The fourth-order valence-corrected chi connectivity index (χ4v) is 2.48. The molecule has 0 aliphatic rings. The molecule has 26 heavy (non-hydrogen) atoms. The zero-order valence-electron chi connectivity index (χ0n) is 15.5. The van der Waals surface area contributed by atoms with E-state index >= 15 is 0 Å². The quantitative estimate of drug-likeness (QED) is 0.501. The van der Waals surface area contributed by atoms with Crippen molar-refractivity contribution in [1.82, 2.24) is 5.32 Å². The number of nitrogens with one attached hydrogen (secondary N) is 2. The van der Waals surface area contributed by atoms with Crippen LogP contribution in [0.1, 0.15) is 43.7 Å². The molecule has 0 aliphatic heterocycles. The summed E-state index contributed by atoms with van der Waals surface area (Å²) < 4.78 is 0. The van der Waals surface area contributed by atoms with Crippen molar-refractivity contribution >= 4 is 17.6 Å². The van der Waals surface area contributed by atoms with Gasteiger partial charge in [-0.15, -0.1) is 0 Å². The Morgan fingerprint density at radius 1 is 1.12 bits per heavy atom. The lowest BCUT2D eigenvalue weighted by Crippen LogP contribution is -2.25. The first kappa shape index (κ1) is 19.5. The molecule has 0 radical (unpaired) electrons. The molecule has 0 saturated carbocycles. The van der Waals surface area contributed by atoms with E-state index in [2.05, 4.69) is 41.6 Å². The van der Waals surface area contributed by atoms with Gasteiger partial charge in [0.2, 0.25) is 5.91 Å². The summed E-state index contributed by atoms with van der Waals surface area (Å²) in [6.45, 7) is 5.27. The van der Waals surface area contributed by atoms with Gasteiger partial charge < -0.3 is 16.4 Å². The van der Waals surface area contributed by atoms with Gasteiger partial charge in [-0.1, -0.05) is 56.3 Å². The summed E-state index contributed by atoms with van der Waals surface area (Å²) in [6, 6.07) is 18.0. The van der Waals surface area contributed by atoms with Crippen molar-refractivity contribution in [1.29, 1.82) is 0 Å². The molecule has 2 rings (SSSR count). The van der Waals surface area contributed by atoms with Crippen LogP contribution in [-0.2, 0) is 11.3 Å². The minimum absolute atomic E-state index is 0.0386. The maximum absolute atomic E-state index is 11.8. The highest BCUT2D eigenvalue weighted by atomic mass is 16.1. The summed E-state index contributed by atoms with van der Waals surface area (Å²) in [5.41, 5.74) is 9.17. The SMILES string of the molecule is CCC(C)c1ccc(NC(N)=NCCC(=O)NCc2ccccc2)cc1. The van der Waals surface area contributed by atoms with Crippen LogP contribution in [0.3, 0.4) is 0 Å². The second-order valence-corrected chi connectivity index (χ2v) is 6.34. The van der Waals surface area contributed by atoms with E-state index in [-0.39, 0.29) is 5.91 Å². The van der Waals surface area contributed by atoms with Gasteiger partial charge in [0.15, 0.2) is 5.96 Å². The summed E-state index contributed by atoms with van der Waals surface area (Å²) in [5.74, 6) is 0.824. The number of nitrogens with two attached hydrogens (primary N) is 1. The highest BCUT2D eigenvalue weighted by Crippen LogP contribution is 2.20. The van der Waals surface area contributed by atoms with E-state index < -0.39 is 0 Å². The number of carbonyl (C=O) groups excluding carboxylic acids is 1. The topological polar surface area (TPSA) is 79.5 Å². The Bertz CT molecular complexity index is 711. The van der Waals surface area contributed by atoms with E-state index in [0.717, 1.165) is 17.7 Å². The van der Waals surface area contributed by atoms with Crippen LogP contribution in [0, 0.1) is 0 Å². The fourth-order valence-electron chi connectivity index (χ4n) is 2.48. The molecule has 1 unspecified atom stereocenters. The molecule has 2 aromatic carbocycles. The van der Waals surface area contributed by atoms with Crippen molar-refractivity contribution in [3.05, 3.63) is 65.7 Å². The zero-order chi connectivity index (χ0) is 18.8. The molecule has 0 saturated heterocycles. The molecular weight excluding hydrogens is 324 g/mol. The maximum Gasteiger partial charge on any atom is 0.222 e. The first-order chi connectivity index (χ1) is 12.6. The number of rotatable bonds is 8. The molecule has 5 heteroatoms. The molecular formula is C21H28N4O. The number of carbonyl (C=O) groups is 1. The largest absolute Gasteiger partial charge is 0.370 e. The summed E-state index contributed by atoms with van der Waals surface area (Å²) in [5, 5.41) is 5.93. The number of hydrogen-bond acceptors (Lipinski definition) is 2. The molecule has 5 nitrogen and oxygen atoms in total. The molecule has 0 fully saturated rings. The Kier molecular flexibility index (Phi) is 7.68. The van der Waals surface area contributed by atoms with Crippen molar-refractivity contribution in [3.8, 4) is 0 Å². The number of guanidine groups is 1. The van der Waals surface area contributed by atoms with Crippen LogP contribution in [0.5, 0.6) is 0 Å². The first-order valence-electron chi connectivity index (χ1n) is 9.06. The fraction of sp³-hybridized carbons (Fsp3) is 0.333. The minimum atomic E-state index is -0.0386. The van der Waals surface area contributed by atoms with E-state index in [1.165, 1.54) is 5.56 Å². The van der Waals surface area contributed by atoms with E-state index in [1.54, 1.807) is 0 Å². The third-order valence-electron chi connectivity index (χ3n) is 4.32. The van der Waals surface area contributed by atoms with Gasteiger partial charge in [-0.3, -0.25) is 9.79 Å². The average molecular weight is 352 g/mol. The number of aliphatic imine (C=N–C) groups is 1. The number of hydrogen-bond donors (Lipinski definition) is 3. The highest BCUT2D eigenvalue weighted by molar-refractivity contribution is 5.92. The number of nitrogens with zero attached hydrogens (tertiary/aromatic N) is 1. The van der Waals surface area contributed by atoms with Crippen molar-refractivity contribution in [2.24, 2.45) is 10.7 Å². The van der Waals surface area contributed by atoms with Crippen LogP contribution in [-0.4, -0.2) is 18.4 Å². The van der Waals surface area contributed by atoms with Gasteiger partial charge in [0, 0.05) is 18.7 Å². The van der Waals surface area contributed by atoms with E-state index in [1.807, 2.05) is 42.5 Å². The first-order valence-corrected chi connectivity index (χ1v) is 9.06. The van der Waals surface area contributed by atoms with E-state index in [4.69, 9.17) is 5.73 Å². The standard InChI is InChI=1S/C21H28N4O/c1-3-16(2)18-9-11-19(12-10-18)25-21(22)23-14-13-20(26)24-15-17-7-5-4-6-8-17/h4-12,16H,3,13-15H2,1-2H3,(H,24,26)(H3,22,23,25). The molecule has 2 aromatic rings. The minimum Gasteiger partial charge on any atom is -0.370 e. The Hall–Kier alpha value is -2.82. The molecule has 1 amide bonds. The number of amides is 1. The summed E-state index contributed by atoms with van der Waals surface area (Å²) in [4.78, 5) is 16.1. The zero-order valence-corrected chi connectivity index (χ0v) is 15.5. The maximum atomic E-state index is 11.8. The Morgan fingerprint density at radius 3 is 2.46 bits per heavy atom. The van der Waals surface area contributed by atoms with Crippen LogP contribution in [0.15, 0.2) is 59.6 Å². The van der Waals surface area contributed by atoms with Gasteiger partial charge in [-0.05, 0) is 35.6 Å². The Labute approximate surface area is 155 Å². The van der Waals surface area contributed by atoms with E-state index in [9.17, 15) is 4.79 Å². The molecule has 0 aliphatic carbocycles. The summed E-state index contributed by atoms with van der Waals surface area (Å²) in [6.07, 6.45) is 1.42. The van der Waals surface area contributed by atoms with Crippen LogP contribution in [0.2, 0.25) is 0 Å². The second-order valence-electron chi connectivity index (χ2n) is 6.34. The Morgan fingerprint density at radius 2 is 1.81 bits per heavy atom. The normalized spacial score (nSPS) is 12.5. The summed E-state index contributed by atoms with van der Waals surface area (Å²) in [7, 11) is 0. The van der Waals surface area contributed by atoms with Crippen LogP contribution >= 0.6 is 0 Å². The number of anilines is 1. The van der Waals surface area contributed by atoms with Crippen molar-refractivity contribution in [2.45, 2.75) is 39.2 Å². The average Bonchev–Trinajstić information content (AvgIpc) is 2.67. The lowest BCUT2D eigenvalue weighted by Gasteiger charge is -2.11. The van der Waals surface area contributed by atoms with Crippen LogP contribution < -0.4 is 16.4 Å². The van der Waals surface area contributed by atoms with Crippen molar-refractivity contribution < 1.29 is 4.79 Å². The molecule has 0 heterocycles. The van der Waals surface area contributed by atoms with Gasteiger partial charge in [0.05, 0.1) is 6.54 Å². The lowest BCUT2D eigenvalue weighted by atomic mass is 9.99. The van der Waals surface area contributed by atoms with Crippen LogP contribution in [0.4, 0.5) is 5.69 Å². The lowest BCUT2D eigenvalue weighted by molar-refractivity contribution is -0.121. The van der Waals surface area contributed by atoms with Crippen molar-refractivity contribution in [2.75, 3.05) is 11.9 Å². The molecule has 0 bridgehead atoms. The van der Waals surface area contributed by atoms with Crippen LogP contribution in [0.25, 0.3) is 0 Å². The predicted octanol–water partition coefficient (Wildman–Crippen LogP) is 3.63. The monoisotopic (exact) mass is 352 g/mol. The third kappa shape index (κ3) is 6.59. The second kappa shape index (κ2) is 10.2. The molecule has 0 spiro atoms. The Balaban J connectivity index is 1.73. The van der Waals surface area contributed by atoms with Crippen molar-refractivity contribution in [3.63, 3.8) is 0 Å². The van der Waals surface area contributed by atoms with Gasteiger partial charge in [0.1, 0.15) is 0 Å². The smallest absolute Gasteiger partial charge is 0.222 e. The molecule has 4 N–H and O–H groups in total. The third-order valence-corrected chi connectivity index (χ3v) is 4.32. The predicted molar refractivity (Wildman–Crippen MR) is 108 cm³/mol. The highest BCUT2D eigenvalue weighted by Gasteiger charge is 2.03. The van der Waals surface area contributed by atoms with Gasteiger partial charge >= 0.3 is 0 Å². The molecule has 0 aromatic heterocycles. The summed E-state index contributed by atoms with van der Waals surface area (Å²) >= 11 is 0. The molecule has 138 valence electrons. The van der Waals surface area contributed by atoms with E-state index in [0.29, 0.717) is 31.4 Å².